The van der Waals surface area contributed by atoms with Gasteiger partial charge in [0.1, 0.15) is 0 Å². The summed E-state index contributed by atoms with van der Waals surface area (Å²) >= 11 is 0. The van der Waals surface area contributed by atoms with E-state index in [0.717, 1.165) is 25.7 Å². The van der Waals surface area contributed by atoms with Gasteiger partial charge in [-0.3, -0.25) is 0 Å². The van der Waals surface area contributed by atoms with Gasteiger partial charge in [-0.1, -0.05) is 0 Å². The van der Waals surface area contributed by atoms with Crippen LogP contribution in [0.4, 0.5) is 0 Å². The summed E-state index contributed by atoms with van der Waals surface area (Å²) in [5.41, 5.74) is -0.519. The van der Waals surface area contributed by atoms with Crippen molar-refractivity contribution in [1.82, 2.24) is 0 Å². The molecular weight excluding hydrogens is 154 g/mol. The molecule has 0 bridgehead atoms. The third-order valence-electron chi connectivity index (χ3n) is 2.30. The fourth-order valence-electron chi connectivity index (χ4n) is 1.57. The van der Waals surface area contributed by atoms with Crippen LogP contribution in [0.1, 0.15) is 32.1 Å². The molecular formula is C9H15NO2. The largest absolute Gasteiger partial charge is 0.396 e. The van der Waals surface area contributed by atoms with Crippen molar-refractivity contribution < 1.29 is 9.84 Å². The van der Waals surface area contributed by atoms with E-state index in [1.54, 1.807) is 0 Å². The molecule has 3 heteroatoms. The SMILES string of the molecule is N#CC1(OCCCO)CCCC1. The zero-order valence-electron chi connectivity index (χ0n) is 7.25. The predicted molar refractivity (Wildman–Crippen MR) is 44.5 cm³/mol. The van der Waals surface area contributed by atoms with Gasteiger partial charge in [0.15, 0.2) is 5.60 Å². The van der Waals surface area contributed by atoms with Crippen molar-refractivity contribution in [3.05, 3.63) is 0 Å². The summed E-state index contributed by atoms with van der Waals surface area (Å²) in [7, 11) is 0. The molecule has 1 aliphatic carbocycles. The number of nitrogens with zero attached hydrogens (tertiary/aromatic N) is 1. The van der Waals surface area contributed by atoms with Gasteiger partial charge in [-0.25, -0.2) is 0 Å². The first-order valence-electron chi connectivity index (χ1n) is 4.49. The Balaban J connectivity index is 2.30. The quantitative estimate of drug-likeness (QED) is 0.644. The molecule has 12 heavy (non-hydrogen) atoms. The van der Waals surface area contributed by atoms with Crippen molar-refractivity contribution in [3.63, 3.8) is 0 Å². The molecule has 68 valence electrons. The summed E-state index contributed by atoms with van der Waals surface area (Å²) in [4.78, 5) is 0. The fraction of sp³-hybridized carbons (Fsp3) is 0.889. The number of hydrogen-bond acceptors (Lipinski definition) is 3. The highest BCUT2D eigenvalue weighted by Gasteiger charge is 2.34. The van der Waals surface area contributed by atoms with Crippen LogP contribution in [-0.2, 0) is 4.74 Å². The van der Waals surface area contributed by atoms with Crippen molar-refractivity contribution in [2.24, 2.45) is 0 Å². The highest BCUT2D eigenvalue weighted by molar-refractivity contribution is 5.04. The Kier molecular flexibility index (Phi) is 3.51. The maximum atomic E-state index is 8.88. The fourth-order valence-corrected chi connectivity index (χ4v) is 1.57. The minimum Gasteiger partial charge on any atom is -0.396 e. The van der Waals surface area contributed by atoms with Crippen molar-refractivity contribution in [1.29, 1.82) is 5.26 Å². The van der Waals surface area contributed by atoms with Crippen molar-refractivity contribution >= 4 is 0 Å². The Bertz CT molecular complexity index is 168. The van der Waals surface area contributed by atoms with Gasteiger partial charge in [0.05, 0.1) is 12.7 Å². The molecule has 1 aliphatic rings. The highest BCUT2D eigenvalue weighted by atomic mass is 16.5. The topological polar surface area (TPSA) is 53.2 Å². The van der Waals surface area contributed by atoms with Gasteiger partial charge in [0, 0.05) is 6.61 Å². The summed E-state index contributed by atoms with van der Waals surface area (Å²) in [6, 6.07) is 2.23. The molecule has 1 N–H and O–H groups in total. The van der Waals surface area contributed by atoms with E-state index in [4.69, 9.17) is 15.1 Å². The van der Waals surface area contributed by atoms with Crippen LogP contribution in [0, 0.1) is 11.3 Å². The Hall–Kier alpha value is -0.590. The van der Waals surface area contributed by atoms with Crippen LogP contribution < -0.4 is 0 Å². The van der Waals surface area contributed by atoms with Gasteiger partial charge in [0.25, 0.3) is 0 Å². The van der Waals surface area contributed by atoms with E-state index in [-0.39, 0.29) is 6.61 Å². The standard InChI is InChI=1S/C9H15NO2/c10-8-9(4-1-2-5-9)12-7-3-6-11/h11H,1-7H2. The molecule has 0 aromatic heterocycles. The summed E-state index contributed by atoms with van der Waals surface area (Å²) < 4.78 is 5.46. The Morgan fingerprint density at radius 1 is 1.42 bits per heavy atom. The predicted octanol–water partition coefficient (Wildman–Crippen LogP) is 1.22. The molecule has 3 nitrogen and oxygen atoms in total. The second-order valence-corrected chi connectivity index (χ2v) is 3.24. The van der Waals surface area contributed by atoms with Crippen LogP contribution in [-0.4, -0.2) is 23.9 Å². The first kappa shape index (κ1) is 9.50. The number of hydrogen-bond donors (Lipinski definition) is 1. The van der Waals surface area contributed by atoms with E-state index in [1.807, 2.05) is 0 Å². The average molecular weight is 169 g/mol. The zero-order chi connectivity index (χ0) is 8.86. The Morgan fingerprint density at radius 3 is 2.58 bits per heavy atom. The van der Waals surface area contributed by atoms with Gasteiger partial charge in [-0.2, -0.15) is 5.26 Å². The molecule has 1 rings (SSSR count). The van der Waals surface area contributed by atoms with Crippen LogP contribution in [0.3, 0.4) is 0 Å². The van der Waals surface area contributed by atoms with Gasteiger partial charge in [-0.05, 0) is 32.1 Å². The highest BCUT2D eigenvalue weighted by Crippen LogP contribution is 2.32. The normalized spacial score (nSPS) is 20.7. The molecule has 1 fully saturated rings. The van der Waals surface area contributed by atoms with Crippen LogP contribution in [0.5, 0.6) is 0 Å². The Morgan fingerprint density at radius 2 is 2.08 bits per heavy atom. The van der Waals surface area contributed by atoms with Crippen LogP contribution in [0.25, 0.3) is 0 Å². The second kappa shape index (κ2) is 4.44. The zero-order valence-corrected chi connectivity index (χ0v) is 7.25. The maximum Gasteiger partial charge on any atom is 0.154 e. The first-order chi connectivity index (χ1) is 5.83. The molecule has 0 spiro atoms. The van der Waals surface area contributed by atoms with E-state index in [1.165, 1.54) is 0 Å². The van der Waals surface area contributed by atoms with Gasteiger partial charge < -0.3 is 9.84 Å². The number of aliphatic hydroxyl groups is 1. The molecule has 0 aromatic rings. The lowest BCUT2D eigenvalue weighted by Crippen LogP contribution is -2.27. The molecule has 0 aromatic carbocycles. The van der Waals surface area contributed by atoms with Crippen LogP contribution in [0.15, 0.2) is 0 Å². The van der Waals surface area contributed by atoms with Crippen molar-refractivity contribution in [2.75, 3.05) is 13.2 Å². The smallest absolute Gasteiger partial charge is 0.154 e. The van der Waals surface area contributed by atoms with Gasteiger partial charge in [-0.15, -0.1) is 0 Å². The van der Waals surface area contributed by atoms with Crippen molar-refractivity contribution in [2.45, 2.75) is 37.7 Å². The lowest BCUT2D eigenvalue weighted by atomic mass is 10.1. The molecule has 0 radical (unpaired) electrons. The van der Waals surface area contributed by atoms with Crippen LogP contribution in [0.2, 0.25) is 0 Å². The van der Waals surface area contributed by atoms with E-state index in [0.29, 0.717) is 13.0 Å². The summed E-state index contributed by atoms with van der Waals surface area (Å²) in [6.07, 6.45) is 4.52. The van der Waals surface area contributed by atoms with Gasteiger partial charge >= 0.3 is 0 Å². The number of rotatable bonds is 4. The molecule has 0 heterocycles. The summed E-state index contributed by atoms with van der Waals surface area (Å²) in [6.45, 7) is 0.644. The van der Waals surface area contributed by atoms with Crippen LogP contribution >= 0.6 is 0 Å². The van der Waals surface area contributed by atoms with Gasteiger partial charge in [0.2, 0.25) is 0 Å². The van der Waals surface area contributed by atoms with E-state index >= 15 is 0 Å². The van der Waals surface area contributed by atoms with E-state index in [2.05, 4.69) is 6.07 Å². The third kappa shape index (κ3) is 2.20. The second-order valence-electron chi connectivity index (χ2n) is 3.24. The maximum absolute atomic E-state index is 8.88. The first-order valence-corrected chi connectivity index (χ1v) is 4.49. The lowest BCUT2D eigenvalue weighted by molar-refractivity contribution is -0.00324. The van der Waals surface area contributed by atoms with E-state index in [9.17, 15) is 0 Å². The minimum atomic E-state index is -0.519. The summed E-state index contributed by atoms with van der Waals surface area (Å²) in [5, 5.41) is 17.4. The average Bonchev–Trinajstić information content (AvgIpc) is 2.55. The Labute approximate surface area is 73.0 Å². The van der Waals surface area contributed by atoms with E-state index < -0.39 is 5.60 Å². The minimum absolute atomic E-state index is 0.140. The number of aliphatic hydroxyl groups excluding tert-OH is 1. The summed E-state index contributed by atoms with van der Waals surface area (Å²) in [5.74, 6) is 0. The monoisotopic (exact) mass is 169 g/mol. The van der Waals surface area contributed by atoms with Crippen molar-refractivity contribution in [3.8, 4) is 6.07 Å². The molecule has 1 saturated carbocycles. The molecule has 0 atom stereocenters. The molecule has 0 saturated heterocycles. The third-order valence-corrected chi connectivity index (χ3v) is 2.30. The molecule has 0 amide bonds. The molecule has 0 aliphatic heterocycles. The number of nitriles is 1. The lowest BCUT2D eigenvalue weighted by Gasteiger charge is -2.20. The number of ether oxygens (including phenoxy) is 1. The molecule has 0 unspecified atom stereocenters.